The second-order valence-electron chi connectivity index (χ2n) is 5.77. The highest BCUT2D eigenvalue weighted by Crippen LogP contribution is 2.19. The third-order valence-electron chi connectivity index (χ3n) is 3.82. The van der Waals surface area contributed by atoms with Crippen LogP contribution in [0, 0.1) is 0 Å². The predicted octanol–water partition coefficient (Wildman–Crippen LogP) is 4.00. The van der Waals surface area contributed by atoms with Crippen LogP contribution in [0.5, 0.6) is 0 Å². The Kier molecular flexibility index (Phi) is 6.22. The molecule has 2 aromatic heterocycles. The van der Waals surface area contributed by atoms with Crippen LogP contribution in [-0.2, 0) is 11.3 Å². The Morgan fingerprint density at radius 3 is 2.81 bits per heavy atom. The number of aliphatic carboxylic acids is 1. The molecule has 27 heavy (non-hydrogen) atoms. The number of thioether (sulfide) groups is 1. The molecule has 0 saturated carbocycles. The first kappa shape index (κ1) is 18.7. The van der Waals surface area contributed by atoms with Crippen LogP contribution >= 0.6 is 11.8 Å². The first-order valence-electron chi connectivity index (χ1n) is 8.34. The lowest BCUT2D eigenvalue weighted by Gasteiger charge is -2.06. The summed E-state index contributed by atoms with van der Waals surface area (Å²) in [5.41, 5.74) is 2.15. The van der Waals surface area contributed by atoms with Crippen LogP contribution in [0.25, 0.3) is 6.08 Å². The number of benzene rings is 1. The normalized spacial score (nSPS) is 11.0. The molecule has 0 aliphatic carbocycles. The monoisotopic (exact) mass is 378 g/mol. The van der Waals surface area contributed by atoms with Gasteiger partial charge in [0.05, 0.1) is 11.4 Å². The molecule has 1 aromatic carbocycles. The lowest BCUT2D eigenvalue weighted by molar-refractivity contribution is -0.133. The molecule has 0 saturated heterocycles. The van der Waals surface area contributed by atoms with Crippen LogP contribution in [0.1, 0.15) is 21.6 Å². The fourth-order valence-corrected chi connectivity index (χ4v) is 3.26. The van der Waals surface area contributed by atoms with Crippen LogP contribution in [0.4, 0.5) is 0 Å². The number of carbonyl (C=O) groups is 2. The van der Waals surface area contributed by atoms with E-state index in [9.17, 15) is 9.59 Å². The summed E-state index contributed by atoms with van der Waals surface area (Å²) < 4.78 is 1.88. The summed E-state index contributed by atoms with van der Waals surface area (Å²) in [6.45, 7) is 0.556. The number of rotatable bonds is 8. The van der Waals surface area contributed by atoms with Gasteiger partial charge in [-0.15, -0.1) is 11.8 Å². The average Bonchev–Trinajstić information content (AvgIpc) is 3.15. The first-order chi connectivity index (χ1) is 13.1. The summed E-state index contributed by atoms with van der Waals surface area (Å²) in [6.07, 6.45) is 9.01. The van der Waals surface area contributed by atoms with E-state index in [0.29, 0.717) is 17.8 Å². The Bertz CT molecular complexity index is 964. The Hall–Kier alpha value is -3.12. The van der Waals surface area contributed by atoms with Gasteiger partial charge in [-0.25, -0.2) is 0 Å². The maximum Gasteiger partial charge on any atom is 0.313 e. The van der Waals surface area contributed by atoms with Crippen molar-refractivity contribution in [3.63, 3.8) is 0 Å². The van der Waals surface area contributed by atoms with Crippen molar-refractivity contribution >= 4 is 29.6 Å². The molecule has 5 nitrogen and oxygen atoms in total. The van der Waals surface area contributed by atoms with E-state index in [1.54, 1.807) is 30.6 Å². The number of hydrogen-bond acceptors (Lipinski definition) is 4. The Morgan fingerprint density at radius 2 is 2.04 bits per heavy atom. The molecule has 0 aliphatic rings. The number of hydrogen-bond donors (Lipinski definition) is 1. The highest BCUT2D eigenvalue weighted by Gasteiger charge is 2.12. The third kappa shape index (κ3) is 5.18. The average molecular weight is 378 g/mol. The quantitative estimate of drug-likeness (QED) is 0.474. The zero-order valence-electron chi connectivity index (χ0n) is 14.5. The topological polar surface area (TPSA) is 72.2 Å². The van der Waals surface area contributed by atoms with Crippen molar-refractivity contribution < 1.29 is 14.7 Å². The number of carboxylic acids is 1. The van der Waals surface area contributed by atoms with Crippen molar-refractivity contribution in [2.75, 3.05) is 5.75 Å². The van der Waals surface area contributed by atoms with Gasteiger partial charge in [-0.05, 0) is 42.0 Å². The standard InChI is InChI=1S/C21H18N2O3S/c24-20(25)15-27-18-8-1-5-16(13-18)6-3-11-23-12-4-9-19(23)21(26)17-7-2-10-22-14-17/h1-10,12-14H,11,15H2,(H,24,25)/b6-3+. The molecule has 6 heteroatoms. The van der Waals surface area contributed by atoms with Crippen molar-refractivity contribution in [3.8, 4) is 0 Å². The number of nitrogens with zero attached hydrogens (tertiary/aromatic N) is 2. The Labute approximate surface area is 161 Å². The van der Waals surface area contributed by atoms with Crippen molar-refractivity contribution in [2.24, 2.45) is 0 Å². The number of carbonyl (C=O) groups excluding carboxylic acids is 1. The number of allylic oxidation sites excluding steroid dienone is 1. The van der Waals surface area contributed by atoms with Gasteiger partial charge in [0, 0.05) is 35.6 Å². The lowest BCUT2D eigenvalue weighted by Crippen LogP contribution is -2.09. The van der Waals surface area contributed by atoms with E-state index in [0.717, 1.165) is 10.5 Å². The molecule has 3 aromatic rings. The zero-order valence-corrected chi connectivity index (χ0v) is 15.3. The van der Waals surface area contributed by atoms with Gasteiger partial charge < -0.3 is 9.67 Å². The minimum absolute atomic E-state index is 0.0380. The molecule has 0 bridgehead atoms. The predicted molar refractivity (Wildman–Crippen MR) is 106 cm³/mol. The van der Waals surface area contributed by atoms with E-state index < -0.39 is 5.97 Å². The minimum atomic E-state index is -0.834. The van der Waals surface area contributed by atoms with Crippen LogP contribution in [0.3, 0.4) is 0 Å². The summed E-state index contributed by atoms with van der Waals surface area (Å²) in [7, 11) is 0. The largest absolute Gasteiger partial charge is 0.481 e. The van der Waals surface area contributed by atoms with Crippen molar-refractivity contribution in [1.29, 1.82) is 0 Å². The molecule has 0 atom stereocenters. The van der Waals surface area contributed by atoms with E-state index >= 15 is 0 Å². The van der Waals surface area contributed by atoms with Gasteiger partial charge in [0.1, 0.15) is 0 Å². The van der Waals surface area contributed by atoms with Crippen LogP contribution in [-0.4, -0.2) is 32.2 Å². The lowest BCUT2D eigenvalue weighted by atomic mass is 10.1. The fraction of sp³-hybridized carbons (Fsp3) is 0.0952. The van der Waals surface area contributed by atoms with Gasteiger partial charge in [0.15, 0.2) is 0 Å². The smallest absolute Gasteiger partial charge is 0.313 e. The van der Waals surface area contributed by atoms with Gasteiger partial charge in [-0.1, -0.05) is 24.3 Å². The molecule has 3 rings (SSSR count). The molecule has 136 valence electrons. The summed E-state index contributed by atoms with van der Waals surface area (Å²) in [4.78, 5) is 28.2. The molecule has 0 aliphatic heterocycles. The molecular formula is C21H18N2O3S. The molecular weight excluding hydrogens is 360 g/mol. The molecule has 1 N–H and O–H groups in total. The molecule has 2 heterocycles. The SMILES string of the molecule is O=C(O)CSc1cccc(/C=C/Cn2cccc2C(=O)c2cccnc2)c1. The minimum Gasteiger partial charge on any atom is -0.481 e. The van der Waals surface area contributed by atoms with Crippen molar-refractivity contribution in [1.82, 2.24) is 9.55 Å². The summed E-state index contributed by atoms with van der Waals surface area (Å²) in [6, 6.07) is 14.8. The number of ketones is 1. The number of aromatic nitrogens is 2. The van der Waals surface area contributed by atoms with E-state index in [1.165, 1.54) is 11.8 Å². The highest BCUT2D eigenvalue weighted by atomic mass is 32.2. The van der Waals surface area contributed by atoms with Crippen LogP contribution in [0.15, 0.2) is 78.1 Å². The maximum absolute atomic E-state index is 12.6. The maximum atomic E-state index is 12.6. The van der Waals surface area contributed by atoms with E-state index in [-0.39, 0.29) is 11.5 Å². The van der Waals surface area contributed by atoms with Crippen LogP contribution < -0.4 is 0 Å². The van der Waals surface area contributed by atoms with Gasteiger partial charge in [0.2, 0.25) is 5.78 Å². The zero-order chi connectivity index (χ0) is 19.1. The third-order valence-corrected chi connectivity index (χ3v) is 4.80. The Morgan fingerprint density at radius 1 is 1.15 bits per heavy atom. The summed E-state index contributed by atoms with van der Waals surface area (Å²) in [5.74, 6) is -0.857. The molecule has 0 radical (unpaired) electrons. The second kappa shape index (κ2) is 9.00. The van der Waals surface area contributed by atoms with E-state index in [4.69, 9.17) is 5.11 Å². The van der Waals surface area contributed by atoms with Gasteiger partial charge >= 0.3 is 5.97 Å². The van der Waals surface area contributed by atoms with Gasteiger partial charge in [0.25, 0.3) is 0 Å². The summed E-state index contributed by atoms with van der Waals surface area (Å²) >= 11 is 1.29. The van der Waals surface area contributed by atoms with E-state index in [1.807, 2.05) is 53.2 Å². The Balaban J connectivity index is 1.68. The first-order valence-corrected chi connectivity index (χ1v) is 9.33. The second-order valence-corrected chi connectivity index (χ2v) is 6.82. The van der Waals surface area contributed by atoms with Gasteiger partial charge in [-0.3, -0.25) is 14.6 Å². The number of carboxylic acid groups (broad SMARTS) is 1. The molecule has 0 fully saturated rings. The van der Waals surface area contributed by atoms with Gasteiger partial charge in [-0.2, -0.15) is 0 Å². The van der Waals surface area contributed by atoms with Crippen molar-refractivity contribution in [3.05, 3.63) is 90.0 Å². The van der Waals surface area contributed by atoms with E-state index in [2.05, 4.69) is 4.98 Å². The summed E-state index contributed by atoms with van der Waals surface area (Å²) in [5, 5.41) is 8.78. The fourth-order valence-electron chi connectivity index (χ4n) is 2.58. The van der Waals surface area contributed by atoms with Crippen LogP contribution in [0.2, 0.25) is 0 Å². The molecule has 0 spiro atoms. The molecule has 0 amide bonds. The molecule has 0 unspecified atom stereocenters. The number of pyridine rings is 1. The highest BCUT2D eigenvalue weighted by molar-refractivity contribution is 8.00. The van der Waals surface area contributed by atoms with Crippen molar-refractivity contribution in [2.45, 2.75) is 11.4 Å².